The van der Waals surface area contributed by atoms with Crippen LogP contribution >= 0.6 is 22.6 Å². The third kappa shape index (κ3) is 11.5. The van der Waals surface area contributed by atoms with Crippen LogP contribution in [0.3, 0.4) is 0 Å². The second-order valence-corrected chi connectivity index (χ2v) is 10.9. The SMILES string of the molecule is O=C1CCC(N2C(=O)c3cccc(NC(=O)CCCCCOCCOCCOCCOCCOCCI)c3C2=O)C(=O)N1. The van der Waals surface area contributed by atoms with E-state index in [4.69, 9.17) is 23.7 Å². The molecule has 0 bridgehead atoms. The molecular formula is C29H40IN3O10. The molecule has 2 aliphatic rings. The molecular weight excluding hydrogens is 677 g/mol. The number of imide groups is 2. The lowest BCUT2D eigenvalue weighted by Crippen LogP contribution is -2.54. The summed E-state index contributed by atoms with van der Waals surface area (Å²) in [5, 5.41) is 4.90. The van der Waals surface area contributed by atoms with Crippen molar-refractivity contribution in [1.82, 2.24) is 10.2 Å². The van der Waals surface area contributed by atoms with E-state index in [0.29, 0.717) is 65.9 Å². The van der Waals surface area contributed by atoms with Crippen molar-refractivity contribution in [3.05, 3.63) is 29.3 Å². The minimum Gasteiger partial charge on any atom is -0.379 e. The largest absolute Gasteiger partial charge is 0.379 e. The van der Waals surface area contributed by atoms with E-state index in [-0.39, 0.29) is 42.0 Å². The minimum atomic E-state index is -1.06. The Morgan fingerprint density at radius 1 is 0.814 bits per heavy atom. The number of amides is 5. The number of alkyl halides is 1. The van der Waals surface area contributed by atoms with Crippen LogP contribution in [0, 0.1) is 0 Å². The Morgan fingerprint density at radius 2 is 1.42 bits per heavy atom. The van der Waals surface area contributed by atoms with Crippen molar-refractivity contribution in [3.8, 4) is 0 Å². The van der Waals surface area contributed by atoms with E-state index in [1.165, 1.54) is 6.07 Å². The summed E-state index contributed by atoms with van der Waals surface area (Å²) in [6, 6.07) is 3.55. The zero-order valence-corrected chi connectivity index (χ0v) is 26.4. The topological polar surface area (TPSA) is 159 Å². The van der Waals surface area contributed by atoms with Crippen LogP contribution in [-0.2, 0) is 38.1 Å². The molecule has 1 saturated heterocycles. The molecule has 43 heavy (non-hydrogen) atoms. The van der Waals surface area contributed by atoms with Crippen molar-refractivity contribution in [1.29, 1.82) is 0 Å². The van der Waals surface area contributed by atoms with E-state index in [9.17, 15) is 24.0 Å². The molecule has 2 aliphatic heterocycles. The van der Waals surface area contributed by atoms with Crippen LogP contribution in [0.2, 0.25) is 0 Å². The van der Waals surface area contributed by atoms with Crippen LogP contribution in [0.4, 0.5) is 5.69 Å². The first kappa shape index (κ1) is 35.0. The number of carbonyl (C=O) groups excluding carboxylic acids is 5. The Kier molecular flexibility index (Phi) is 16.0. The molecule has 1 aromatic carbocycles. The van der Waals surface area contributed by atoms with Crippen LogP contribution in [0.15, 0.2) is 18.2 Å². The summed E-state index contributed by atoms with van der Waals surface area (Å²) < 4.78 is 28.1. The minimum absolute atomic E-state index is 0.0364. The highest BCUT2D eigenvalue weighted by atomic mass is 127. The van der Waals surface area contributed by atoms with Gasteiger partial charge in [0, 0.05) is 23.9 Å². The molecule has 5 amide bonds. The summed E-state index contributed by atoms with van der Waals surface area (Å²) in [6.07, 6.45) is 2.53. The van der Waals surface area contributed by atoms with Crippen molar-refractivity contribution >= 4 is 57.8 Å². The average Bonchev–Trinajstić information content (AvgIpc) is 3.24. The molecule has 1 unspecified atom stereocenters. The van der Waals surface area contributed by atoms with Crippen molar-refractivity contribution < 1.29 is 47.7 Å². The van der Waals surface area contributed by atoms with E-state index in [2.05, 4.69) is 33.2 Å². The van der Waals surface area contributed by atoms with Gasteiger partial charge >= 0.3 is 0 Å². The smallest absolute Gasteiger partial charge is 0.264 e. The van der Waals surface area contributed by atoms with E-state index >= 15 is 0 Å². The number of hydrogen-bond donors (Lipinski definition) is 2. The number of nitrogens with zero attached hydrogens (tertiary/aromatic N) is 1. The Balaban J connectivity index is 1.22. The third-order valence-electron chi connectivity index (χ3n) is 6.64. The van der Waals surface area contributed by atoms with Gasteiger partial charge in [-0.2, -0.15) is 0 Å². The lowest BCUT2D eigenvalue weighted by molar-refractivity contribution is -0.136. The number of anilines is 1. The number of nitrogens with one attached hydrogen (secondary N) is 2. The molecule has 0 saturated carbocycles. The van der Waals surface area contributed by atoms with Gasteiger partial charge in [-0.3, -0.25) is 34.2 Å². The molecule has 14 heteroatoms. The quantitative estimate of drug-likeness (QED) is 0.0788. The van der Waals surface area contributed by atoms with Crippen LogP contribution < -0.4 is 10.6 Å². The van der Waals surface area contributed by atoms with Crippen molar-refractivity contribution in [2.45, 2.75) is 44.6 Å². The Labute approximate surface area is 264 Å². The van der Waals surface area contributed by atoms with Gasteiger partial charge in [0.05, 0.1) is 76.3 Å². The summed E-state index contributed by atoms with van der Waals surface area (Å²) in [7, 11) is 0. The highest BCUT2D eigenvalue weighted by Gasteiger charge is 2.45. The Hall–Kier alpha value is -2.50. The molecule has 13 nitrogen and oxygen atoms in total. The standard InChI is InChI=1S/C29H40IN3O10/c30-10-12-40-14-16-42-18-20-43-19-17-41-15-13-39-11-3-1-2-7-24(34)31-22-6-4-5-21-26(22)29(38)33(28(21)37)23-8-9-25(35)32-27(23)36/h4-6,23H,1-3,7-20H2,(H,31,34)(H,32,35,36). The summed E-state index contributed by atoms with van der Waals surface area (Å²) in [4.78, 5) is 63.2. The molecule has 1 fully saturated rings. The van der Waals surface area contributed by atoms with Gasteiger partial charge in [-0.25, -0.2) is 0 Å². The number of rotatable bonds is 22. The third-order valence-corrected chi connectivity index (χ3v) is 7.08. The maximum Gasteiger partial charge on any atom is 0.264 e. The molecule has 0 aromatic heterocycles. The fraction of sp³-hybridized carbons (Fsp3) is 0.621. The van der Waals surface area contributed by atoms with E-state index in [1.807, 2.05) is 0 Å². The van der Waals surface area contributed by atoms with Crippen LogP contribution in [0.25, 0.3) is 0 Å². The summed E-state index contributed by atoms with van der Waals surface area (Å²) >= 11 is 2.26. The molecule has 1 atom stereocenters. The molecule has 0 spiro atoms. The van der Waals surface area contributed by atoms with Crippen LogP contribution in [-0.4, -0.2) is 111 Å². The van der Waals surface area contributed by atoms with Gasteiger partial charge in [-0.1, -0.05) is 35.1 Å². The summed E-state index contributed by atoms with van der Waals surface area (Å²) in [5.74, 6) is -2.68. The molecule has 1 aromatic rings. The zero-order chi connectivity index (χ0) is 30.9. The van der Waals surface area contributed by atoms with E-state index in [1.54, 1.807) is 12.1 Å². The van der Waals surface area contributed by atoms with Crippen molar-refractivity contribution in [3.63, 3.8) is 0 Å². The fourth-order valence-electron chi connectivity index (χ4n) is 4.53. The zero-order valence-electron chi connectivity index (χ0n) is 24.2. The lowest BCUT2D eigenvalue weighted by Gasteiger charge is -2.27. The molecule has 3 rings (SSSR count). The predicted molar refractivity (Wildman–Crippen MR) is 163 cm³/mol. The maximum absolute atomic E-state index is 13.1. The van der Waals surface area contributed by atoms with Crippen LogP contribution in [0.1, 0.15) is 59.2 Å². The second kappa shape index (κ2) is 19.7. The fourth-order valence-corrected chi connectivity index (χ4v) is 4.85. The average molecular weight is 718 g/mol. The highest BCUT2D eigenvalue weighted by Crippen LogP contribution is 2.32. The first-order chi connectivity index (χ1) is 20.9. The molecule has 238 valence electrons. The number of benzene rings is 1. The number of hydrogen-bond acceptors (Lipinski definition) is 10. The molecule has 0 radical (unpaired) electrons. The normalized spacial score (nSPS) is 16.5. The first-order valence-corrected chi connectivity index (χ1v) is 16.1. The van der Waals surface area contributed by atoms with Gasteiger partial charge in [-0.15, -0.1) is 0 Å². The van der Waals surface area contributed by atoms with Gasteiger partial charge in [0.15, 0.2) is 0 Å². The van der Waals surface area contributed by atoms with Gasteiger partial charge in [0.25, 0.3) is 11.8 Å². The number of fused-ring (bicyclic) bond motifs is 1. The van der Waals surface area contributed by atoms with Gasteiger partial charge in [0.1, 0.15) is 6.04 Å². The monoisotopic (exact) mass is 717 g/mol. The maximum atomic E-state index is 13.1. The molecule has 0 aliphatic carbocycles. The number of halogens is 1. The predicted octanol–water partition coefficient (Wildman–Crippen LogP) is 2.10. The number of unbranched alkanes of at least 4 members (excludes halogenated alkanes) is 2. The lowest BCUT2D eigenvalue weighted by atomic mass is 10.0. The van der Waals surface area contributed by atoms with Gasteiger partial charge in [0.2, 0.25) is 17.7 Å². The first-order valence-electron chi connectivity index (χ1n) is 14.5. The van der Waals surface area contributed by atoms with Crippen LogP contribution in [0.5, 0.6) is 0 Å². The second-order valence-electron chi connectivity index (χ2n) is 9.79. The summed E-state index contributed by atoms with van der Waals surface area (Å²) in [5.41, 5.74) is 0.408. The van der Waals surface area contributed by atoms with Gasteiger partial charge < -0.3 is 29.0 Å². The van der Waals surface area contributed by atoms with E-state index in [0.717, 1.165) is 28.8 Å². The molecule has 2 N–H and O–H groups in total. The number of ether oxygens (including phenoxy) is 5. The molecule has 2 heterocycles. The number of carbonyl (C=O) groups is 5. The summed E-state index contributed by atoms with van der Waals surface area (Å²) in [6.45, 7) is 5.42. The number of piperidine rings is 1. The van der Waals surface area contributed by atoms with Crippen molar-refractivity contribution in [2.24, 2.45) is 0 Å². The van der Waals surface area contributed by atoms with Crippen molar-refractivity contribution in [2.75, 3.05) is 75.8 Å². The Bertz CT molecular complexity index is 1100. The van der Waals surface area contributed by atoms with E-state index < -0.39 is 29.7 Å². The Morgan fingerprint density at radius 3 is 2.02 bits per heavy atom. The highest BCUT2D eigenvalue weighted by molar-refractivity contribution is 14.1. The van der Waals surface area contributed by atoms with Gasteiger partial charge in [-0.05, 0) is 31.4 Å².